The molecule has 0 aliphatic carbocycles. The molecule has 0 atom stereocenters. The van der Waals surface area contributed by atoms with Gasteiger partial charge in [-0.1, -0.05) is 0 Å². The topological polar surface area (TPSA) is 12.9 Å². The Morgan fingerprint density at radius 2 is 2.27 bits per heavy atom. The highest BCUT2D eigenvalue weighted by Crippen LogP contribution is 2.26. The van der Waals surface area contributed by atoms with Crippen LogP contribution in [0.15, 0.2) is 22.1 Å². The summed E-state index contributed by atoms with van der Waals surface area (Å²) in [6, 6.07) is 6.27. The molecule has 0 saturated heterocycles. The molecule has 2 aromatic rings. The first kappa shape index (κ1) is 7.94. The summed E-state index contributed by atoms with van der Waals surface area (Å²) in [7, 11) is 0. The molecule has 0 fully saturated rings. The molecule has 0 aliphatic heterocycles. The van der Waals surface area contributed by atoms with Gasteiger partial charge in [-0.15, -0.1) is 11.3 Å². The van der Waals surface area contributed by atoms with Crippen molar-refractivity contribution in [1.29, 1.82) is 0 Å². The van der Waals surface area contributed by atoms with Crippen LogP contribution in [0.25, 0.3) is 10.2 Å². The lowest BCUT2D eigenvalue weighted by molar-refractivity contribution is 1.44. The number of halogens is 2. The minimum atomic E-state index is 0.953. The van der Waals surface area contributed by atoms with E-state index in [0.717, 1.165) is 9.43 Å². The Balaban J connectivity index is 2.82. The molecule has 0 radical (unpaired) electrons. The molecule has 4 heteroatoms. The van der Waals surface area contributed by atoms with E-state index in [4.69, 9.17) is 0 Å². The predicted molar refractivity (Wildman–Crippen MR) is 60.0 cm³/mol. The molecule has 1 nitrogen and oxygen atoms in total. The maximum Gasteiger partial charge on any atom is 0.160 e. The smallest absolute Gasteiger partial charge is 0.160 e. The van der Waals surface area contributed by atoms with E-state index >= 15 is 0 Å². The fourth-order valence-electron chi connectivity index (χ4n) is 0.872. The largest absolute Gasteiger partial charge is 0.229 e. The van der Waals surface area contributed by atoms with Crippen molar-refractivity contribution in [3.63, 3.8) is 0 Å². The number of hydrogen-bond donors (Lipinski definition) is 0. The third-order valence-electron chi connectivity index (χ3n) is 1.32. The number of thiazole rings is 1. The molecule has 0 aliphatic rings. The first-order valence-electron chi connectivity index (χ1n) is 2.97. The molecule has 0 saturated carbocycles. The number of nitrogens with zero attached hydrogens (tertiary/aromatic N) is 1. The first-order valence-corrected chi connectivity index (χ1v) is 5.66. The molecule has 0 amide bonds. The van der Waals surface area contributed by atoms with E-state index in [1.165, 1.54) is 8.27 Å². The Morgan fingerprint density at radius 3 is 3.09 bits per heavy atom. The molecule has 56 valence electrons. The summed E-state index contributed by atoms with van der Waals surface area (Å²) in [5, 5.41) is 0. The Hall–Kier alpha value is 0.320. The van der Waals surface area contributed by atoms with Crippen LogP contribution in [0.2, 0.25) is 0 Å². The van der Waals surface area contributed by atoms with Crippen molar-refractivity contribution in [2.75, 3.05) is 0 Å². The van der Waals surface area contributed by atoms with E-state index in [2.05, 4.69) is 61.7 Å². The van der Waals surface area contributed by atoms with E-state index in [9.17, 15) is 0 Å². The highest BCUT2D eigenvalue weighted by molar-refractivity contribution is 14.1. The van der Waals surface area contributed by atoms with Gasteiger partial charge in [-0.05, 0) is 56.7 Å². The second-order valence-electron chi connectivity index (χ2n) is 2.08. The minimum absolute atomic E-state index is 0.953. The van der Waals surface area contributed by atoms with Gasteiger partial charge < -0.3 is 0 Å². The fraction of sp³-hybridized carbons (Fsp3) is 0. The lowest BCUT2D eigenvalue weighted by atomic mass is 10.3. The summed E-state index contributed by atoms with van der Waals surface area (Å²) in [6.45, 7) is 0. The number of benzene rings is 1. The molecule has 11 heavy (non-hydrogen) atoms. The van der Waals surface area contributed by atoms with Crippen LogP contribution < -0.4 is 0 Å². The van der Waals surface area contributed by atoms with Crippen molar-refractivity contribution in [3.05, 3.63) is 25.7 Å². The third kappa shape index (κ3) is 1.57. The van der Waals surface area contributed by atoms with Crippen molar-refractivity contribution >= 4 is 60.1 Å². The summed E-state index contributed by atoms with van der Waals surface area (Å²) < 4.78 is 3.42. The standard InChI is InChI=1S/C7H3BrINS/c8-7-10-5-3-4(9)1-2-6(5)11-7/h1-3H. The van der Waals surface area contributed by atoms with Crippen molar-refractivity contribution in [1.82, 2.24) is 4.98 Å². The maximum absolute atomic E-state index is 4.30. The zero-order valence-electron chi connectivity index (χ0n) is 5.34. The van der Waals surface area contributed by atoms with Gasteiger partial charge in [0.1, 0.15) is 0 Å². The van der Waals surface area contributed by atoms with Crippen molar-refractivity contribution in [2.24, 2.45) is 0 Å². The molecule has 1 aromatic carbocycles. The zero-order chi connectivity index (χ0) is 7.84. The summed E-state index contributed by atoms with van der Waals surface area (Å²) in [5.41, 5.74) is 1.08. The fourth-order valence-corrected chi connectivity index (χ4v) is 2.73. The molecular formula is C7H3BrINS. The maximum atomic E-state index is 4.30. The van der Waals surface area contributed by atoms with Crippen LogP contribution in [-0.4, -0.2) is 4.98 Å². The number of fused-ring (bicyclic) bond motifs is 1. The molecule has 0 spiro atoms. The second kappa shape index (κ2) is 2.99. The van der Waals surface area contributed by atoms with Crippen LogP contribution in [0.3, 0.4) is 0 Å². The first-order chi connectivity index (χ1) is 5.25. The summed E-state index contributed by atoms with van der Waals surface area (Å²) in [5.74, 6) is 0. The van der Waals surface area contributed by atoms with Gasteiger partial charge in [-0.25, -0.2) is 4.98 Å². The van der Waals surface area contributed by atoms with Gasteiger partial charge in [0.25, 0.3) is 0 Å². The van der Waals surface area contributed by atoms with Crippen LogP contribution in [-0.2, 0) is 0 Å². The van der Waals surface area contributed by atoms with Gasteiger partial charge in [-0.3, -0.25) is 0 Å². The molecule has 1 aromatic heterocycles. The van der Waals surface area contributed by atoms with E-state index in [0.29, 0.717) is 0 Å². The van der Waals surface area contributed by atoms with Gasteiger partial charge in [0.15, 0.2) is 3.92 Å². The average Bonchev–Trinajstić information content (AvgIpc) is 2.27. The van der Waals surface area contributed by atoms with Gasteiger partial charge >= 0.3 is 0 Å². The molecule has 2 rings (SSSR count). The minimum Gasteiger partial charge on any atom is -0.229 e. The van der Waals surface area contributed by atoms with Gasteiger partial charge in [0.05, 0.1) is 10.2 Å². The van der Waals surface area contributed by atoms with E-state index < -0.39 is 0 Å². The highest BCUT2D eigenvalue weighted by Gasteiger charge is 1.99. The molecule has 1 heterocycles. The van der Waals surface area contributed by atoms with Crippen molar-refractivity contribution in [3.8, 4) is 0 Å². The van der Waals surface area contributed by atoms with Crippen molar-refractivity contribution < 1.29 is 0 Å². The molecule has 0 N–H and O–H groups in total. The SMILES string of the molecule is Brc1nc2cc(I)ccc2s1. The van der Waals surface area contributed by atoms with Crippen molar-refractivity contribution in [2.45, 2.75) is 0 Å². The number of hydrogen-bond acceptors (Lipinski definition) is 2. The summed E-state index contributed by atoms with van der Waals surface area (Å²) in [4.78, 5) is 4.30. The molecule has 0 bridgehead atoms. The Morgan fingerprint density at radius 1 is 1.45 bits per heavy atom. The van der Waals surface area contributed by atoms with E-state index in [1.54, 1.807) is 11.3 Å². The van der Waals surface area contributed by atoms with Crippen LogP contribution in [0.1, 0.15) is 0 Å². The van der Waals surface area contributed by atoms with Crippen LogP contribution in [0.5, 0.6) is 0 Å². The van der Waals surface area contributed by atoms with Gasteiger partial charge in [0, 0.05) is 3.57 Å². The third-order valence-corrected chi connectivity index (χ3v) is 3.48. The monoisotopic (exact) mass is 339 g/mol. The van der Waals surface area contributed by atoms with E-state index in [1.807, 2.05) is 0 Å². The quantitative estimate of drug-likeness (QED) is 0.667. The second-order valence-corrected chi connectivity index (χ2v) is 5.63. The Labute approximate surface area is 90.1 Å². The van der Waals surface area contributed by atoms with Crippen LogP contribution in [0, 0.1) is 3.57 Å². The van der Waals surface area contributed by atoms with Crippen LogP contribution in [0.4, 0.5) is 0 Å². The van der Waals surface area contributed by atoms with E-state index in [-0.39, 0.29) is 0 Å². The molecule has 0 unspecified atom stereocenters. The number of aromatic nitrogens is 1. The molecular weight excluding hydrogens is 337 g/mol. The number of rotatable bonds is 0. The van der Waals surface area contributed by atoms with Crippen LogP contribution >= 0.6 is 49.9 Å². The highest BCUT2D eigenvalue weighted by atomic mass is 127. The average molecular weight is 340 g/mol. The Kier molecular flexibility index (Phi) is 2.16. The predicted octanol–water partition coefficient (Wildman–Crippen LogP) is 3.66. The van der Waals surface area contributed by atoms with Gasteiger partial charge in [-0.2, -0.15) is 0 Å². The summed E-state index contributed by atoms with van der Waals surface area (Å²) >= 11 is 7.30. The Bertz CT molecular complexity index is 398. The van der Waals surface area contributed by atoms with Gasteiger partial charge in [0.2, 0.25) is 0 Å². The summed E-state index contributed by atoms with van der Waals surface area (Å²) in [6.07, 6.45) is 0. The normalized spacial score (nSPS) is 10.7. The lowest BCUT2D eigenvalue weighted by Gasteiger charge is -1.86. The zero-order valence-corrected chi connectivity index (χ0v) is 9.90. The lowest BCUT2D eigenvalue weighted by Crippen LogP contribution is -1.69.